The van der Waals surface area contributed by atoms with Crippen LogP contribution in [0.15, 0.2) is 48.5 Å². The van der Waals surface area contributed by atoms with E-state index < -0.39 is 28.9 Å². The highest BCUT2D eigenvalue weighted by Crippen LogP contribution is 2.20. The van der Waals surface area contributed by atoms with Crippen molar-refractivity contribution >= 4 is 11.7 Å². The van der Waals surface area contributed by atoms with E-state index in [1.807, 2.05) is 6.07 Å². The fourth-order valence-electron chi connectivity index (χ4n) is 2.24. The van der Waals surface area contributed by atoms with Crippen molar-refractivity contribution in [3.63, 3.8) is 0 Å². The second-order valence-electron chi connectivity index (χ2n) is 5.10. The fraction of sp³-hybridized carbons (Fsp3) is 0.0588. The van der Waals surface area contributed by atoms with Gasteiger partial charge in [0.1, 0.15) is 5.82 Å². The van der Waals surface area contributed by atoms with Gasteiger partial charge >= 0.3 is 0 Å². The monoisotopic (exact) mass is 331 g/mol. The standard InChI is InChI=1S/C17H12F3N3O/c1-10-9-14(23(22-10)11-5-3-2-4-6-11)21-17(24)12-7-8-13(18)16(20)15(12)19/h2-9H,1H3,(H,21,24). The molecule has 0 spiro atoms. The van der Waals surface area contributed by atoms with Gasteiger partial charge in [-0.25, -0.2) is 17.9 Å². The second-order valence-corrected chi connectivity index (χ2v) is 5.10. The zero-order valence-electron chi connectivity index (χ0n) is 12.6. The Morgan fingerprint density at radius 1 is 1.04 bits per heavy atom. The van der Waals surface area contributed by atoms with Gasteiger partial charge in [0.05, 0.1) is 16.9 Å². The van der Waals surface area contributed by atoms with Crippen LogP contribution in [0.25, 0.3) is 5.69 Å². The van der Waals surface area contributed by atoms with E-state index in [1.54, 1.807) is 37.3 Å². The summed E-state index contributed by atoms with van der Waals surface area (Å²) >= 11 is 0. The normalized spacial score (nSPS) is 10.7. The highest BCUT2D eigenvalue weighted by Gasteiger charge is 2.20. The van der Waals surface area contributed by atoms with Gasteiger partial charge in [0, 0.05) is 6.07 Å². The van der Waals surface area contributed by atoms with Gasteiger partial charge in [0.15, 0.2) is 17.5 Å². The number of rotatable bonds is 3. The molecular weight excluding hydrogens is 319 g/mol. The zero-order valence-corrected chi connectivity index (χ0v) is 12.6. The number of amides is 1. The SMILES string of the molecule is Cc1cc(NC(=O)c2ccc(F)c(F)c2F)n(-c2ccccc2)n1. The summed E-state index contributed by atoms with van der Waals surface area (Å²) in [7, 11) is 0. The van der Waals surface area contributed by atoms with E-state index in [0.29, 0.717) is 17.4 Å². The minimum atomic E-state index is -1.68. The minimum Gasteiger partial charge on any atom is -0.306 e. The maximum absolute atomic E-state index is 13.7. The quantitative estimate of drug-likeness (QED) is 0.741. The summed E-state index contributed by atoms with van der Waals surface area (Å²) in [4.78, 5) is 12.2. The van der Waals surface area contributed by atoms with Gasteiger partial charge in [-0.2, -0.15) is 5.10 Å². The Morgan fingerprint density at radius 3 is 2.46 bits per heavy atom. The summed E-state index contributed by atoms with van der Waals surface area (Å²) in [5, 5.41) is 6.72. The third-order valence-electron chi connectivity index (χ3n) is 3.35. The van der Waals surface area contributed by atoms with Crippen LogP contribution in [0.3, 0.4) is 0 Å². The van der Waals surface area contributed by atoms with Crippen LogP contribution in [-0.2, 0) is 0 Å². The number of hydrogen-bond donors (Lipinski definition) is 1. The molecule has 0 radical (unpaired) electrons. The number of nitrogens with zero attached hydrogens (tertiary/aromatic N) is 2. The van der Waals surface area contributed by atoms with Gasteiger partial charge < -0.3 is 5.32 Å². The van der Waals surface area contributed by atoms with Gasteiger partial charge in [0.25, 0.3) is 5.91 Å². The van der Waals surface area contributed by atoms with E-state index in [1.165, 1.54) is 4.68 Å². The Morgan fingerprint density at radius 2 is 1.75 bits per heavy atom. The van der Waals surface area contributed by atoms with Crippen molar-refractivity contribution in [2.75, 3.05) is 5.32 Å². The Kier molecular flexibility index (Phi) is 4.07. The van der Waals surface area contributed by atoms with Crippen LogP contribution in [-0.4, -0.2) is 15.7 Å². The lowest BCUT2D eigenvalue weighted by Gasteiger charge is -2.09. The molecule has 0 saturated heterocycles. The number of hydrogen-bond acceptors (Lipinski definition) is 2. The van der Waals surface area contributed by atoms with Crippen molar-refractivity contribution in [1.29, 1.82) is 0 Å². The summed E-state index contributed by atoms with van der Waals surface area (Å²) in [6, 6.07) is 12.2. The van der Waals surface area contributed by atoms with Crippen molar-refractivity contribution in [3.8, 4) is 5.69 Å². The number of para-hydroxylation sites is 1. The van der Waals surface area contributed by atoms with E-state index in [2.05, 4.69) is 10.4 Å². The Labute approximate surface area is 135 Å². The molecule has 24 heavy (non-hydrogen) atoms. The van der Waals surface area contributed by atoms with E-state index in [9.17, 15) is 18.0 Å². The second kappa shape index (κ2) is 6.19. The number of halogens is 3. The van der Waals surface area contributed by atoms with Crippen molar-refractivity contribution in [1.82, 2.24) is 9.78 Å². The molecule has 0 unspecified atom stereocenters. The molecule has 1 aromatic heterocycles. The van der Waals surface area contributed by atoms with Gasteiger partial charge in [-0.1, -0.05) is 18.2 Å². The molecule has 7 heteroatoms. The topological polar surface area (TPSA) is 46.9 Å². The summed E-state index contributed by atoms with van der Waals surface area (Å²) < 4.78 is 41.5. The van der Waals surface area contributed by atoms with Crippen LogP contribution < -0.4 is 5.32 Å². The smallest absolute Gasteiger partial charge is 0.259 e. The maximum atomic E-state index is 13.7. The third kappa shape index (κ3) is 2.88. The van der Waals surface area contributed by atoms with E-state index in [-0.39, 0.29) is 5.82 Å². The third-order valence-corrected chi connectivity index (χ3v) is 3.35. The Bertz CT molecular complexity index is 907. The molecule has 0 fully saturated rings. The lowest BCUT2D eigenvalue weighted by molar-refractivity contribution is 0.102. The minimum absolute atomic E-state index is 0.285. The Hall–Kier alpha value is -3.09. The van der Waals surface area contributed by atoms with Crippen molar-refractivity contribution in [2.24, 2.45) is 0 Å². The zero-order chi connectivity index (χ0) is 17.3. The summed E-state index contributed by atoms with van der Waals surface area (Å²) in [5.41, 5.74) is 0.721. The van der Waals surface area contributed by atoms with Crippen LogP contribution in [0.1, 0.15) is 16.1 Å². The predicted octanol–water partition coefficient (Wildman–Crippen LogP) is 3.85. The highest BCUT2D eigenvalue weighted by atomic mass is 19.2. The molecule has 0 saturated carbocycles. The van der Waals surface area contributed by atoms with Gasteiger partial charge in [0.2, 0.25) is 0 Å². The molecule has 2 aromatic carbocycles. The molecule has 4 nitrogen and oxygen atoms in total. The predicted molar refractivity (Wildman–Crippen MR) is 82.6 cm³/mol. The molecule has 0 atom stereocenters. The fourth-order valence-corrected chi connectivity index (χ4v) is 2.24. The number of anilines is 1. The lowest BCUT2D eigenvalue weighted by atomic mass is 10.2. The largest absolute Gasteiger partial charge is 0.306 e. The van der Waals surface area contributed by atoms with Crippen molar-refractivity contribution < 1.29 is 18.0 Å². The molecule has 0 aliphatic heterocycles. The number of aromatic nitrogens is 2. The number of aryl methyl sites for hydroxylation is 1. The van der Waals surface area contributed by atoms with Crippen LogP contribution >= 0.6 is 0 Å². The van der Waals surface area contributed by atoms with Gasteiger partial charge in [-0.15, -0.1) is 0 Å². The van der Waals surface area contributed by atoms with Gasteiger partial charge in [-0.05, 0) is 31.2 Å². The van der Waals surface area contributed by atoms with Crippen molar-refractivity contribution in [3.05, 3.63) is 77.2 Å². The maximum Gasteiger partial charge on any atom is 0.259 e. The Balaban J connectivity index is 1.95. The molecule has 1 heterocycles. The van der Waals surface area contributed by atoms with Crippen molar-refractivity contribution in [2.45, 2.75) is 6.92 Å². The average Bonchev–Trinajstić information content (AvgIpc) is 2.94. The average molecular weight is 331 g/mol. The number of benzene rings is 2. The summed E-state index contributed by atoms with van der Waals surface area (Å²) in [5.74, 6) is -5.18. The van der Waals surface area contributed by atoms with E-state index in [4.69, 9.17) is 0 Å². The van der Waals surface area contributed by atoms with E-state index >= 15 is 0 Å². The van der Waals surface area contributed by atoms with Crippen LogP contribution in [0.4, 0.5) is 19.0 Å². The number of carbonyl (C=O) groups excluding carboxylic acids is 1. The first-order chi connectivity index (χ1) is 11.5. The first-order valence-corrected chi connectivity index (χ1v) is 7.04. The molecule has 1 amide bonds. The molecule has 3 rings (SSSR count). The first kappa shape index (κ1) is 15.8. The van der Waals surface area contributed by atoms with Gasteiger partial charge in [-0.3, -0.25) is 4.79 Å². The molecule has 1 N–H and O–H groups in total. The highest BCUT2D eigenvalue weighted by molar-refractivity contribution is 6.04. The number of carbonyl (C=O) groups is 1. The molecule has 0 aliphatic carbocycles. The van der Waals surface area contributed by atoms with Crippen LogP contribution in [0.5, 0.6) is 0 Å². The van der Waals surface area contributed by atoms with Crippen LogP contribution in [0, 0.1) is 24.4 Å². The molecule has 0 bridgehead atoms. The van der Waals surface area contributed by atoms with E-state index in [0.717, 1.165) is 6.07 Å². The molecule has 122 valence electrons. The molecule has 3 aromatic rings. The molecule has 0 aliphatic rings. The summed E-state index contributed by atoms with van der Waals surface area (Å²) in [6.45, 7) is 1.73. The first-order valence-electron chi connectivity index (χ1n) is 7.04. The summed E-state index contributed by atoms with van der Waals surface area (Å²) in [6.07, 6.45) is 0. The molecular formula is C17H12F3N3O. The lowest BCUT2D eigenvalue weighted by Crippen LogP contribution is -2.17. The van der Waals surface area contributed by atoms with Crippen LogP contribution in [0.2, 0.25) is 0 Å². The number of nitrogens with one attached hydrogen (secondary N) is 1.